The summed E-state index contributed by atoms with van der Waals surface area (Å²) in [5.41, 5.74) is -0.462. The molecule has 1 N–H and O–H groups in total. The highest BCUT2D eigenvalue weighted by molar-refractivity contribution is 5.68. The van der Waals surface area contributed by atoms with Gasteiger partial charge in [0.15, 0.2) is 0 Å². The molecule has 0 aromatic carbocycles. The van der Waals surface area contributed by atoms with Gasteiger partial charge in [-0.05, 0) is 27.8 Å². The first-order valence-electron chi connectivity index (χ1n) is 7.37. The molecule has 0 aromatic heterocycles. The molecule has 2 saturated heterocycles. The second kappa shape index (κ2) is 6.28. The van der Waals surface area contributed by atoms with Crippen molar-refractivity contribution in [2.45, 2.75) is 38.5 Å². The van der Waals surface area contributed by atoms with Gasteiger partial charge in [-0.15, -0.1) is 0 Å². The molecule has 2 rings (SSSR count). The van der Waals surface area contributed by atoms with Crippen LogP contribution in [0, 0.1) is 0 Å². The average molecular weight is 285 g/mol. The van der Waals surface area contributed by atoms with E-state index in [-0.39, 0.29) is 18.2 Å². The highest BCUT2D eigenvalue weighted by Gasteiger charge is 2.38. The summed E-state index contributed by atoms with van der Waals surface area (Å²) in [6.45, 7) is 10.3. The van der Waals surface area contributed by atoms with E-state index in [2.05, 4.69) is 17.3 Å². The van der Waals surface area contributed by atoms with Crippen molar-refractivity contribution in [3.63, 3.8) is 0 Å². The largest absolute Gasteiger partial charge is 0.444 e. The number of amides is 1. The summed E-state index contributed by atoms with van der Waals surface area (Å²) >= 11 is 0. The topological polar surface area (TPSA) is 54.0 Å². The average Bonchev–Trinajstić information content (AvgIpc) is 2.37. The van der Waals surface area contributed by atoms with E-state index in [9.17, 15) is 4.79 Å². The van der Waals surface area contributed by atoms with Crippen molar-refractivity contribution in [1.29, 1.82) is 0 Å². The molecule has 2 atom stereocenters. The fourth-order valence-electron chi connectivity index (χ4n) is 2.75. The van der Waals surface area contributed by atoms with Crippen LogP contribution in [0.25, 0.3) is 0 Å². The zero-order chi connectivity index (χ0) is 14.8. The van der Waals surface area contributed by atoms with Crippen LogP contribution in [-0.4, -0.2) is 80.0 Å². The Morgan fingerprint density at radius 2 is 2.05 bits per heavy atom. The third-order valence-corrected chi connectivity index (χ3v) is 3.80. The van der Waals surface area contributed by atoms with Crippen molar-refractivity contribution in [2.75, 3.05) is 46.4 Å². The van der Waals surface area contributed by atoms with Gasteiger partial charge in [0.2, 0.25) is 0 Å². The first-order valence-corrected chi connectivity index (χ1v) is 7.37. The molecule has 0 aliphatic carbocycles. The fraction of sp³-hybridized carbons (Fsp3) is 0.929. The number of ether oxygens (including phenoxy) is 2. The van der Waals surface area contributed by atoms with Crippen LogP contribution < -0.4 is 5.32 Å². The lowest BCUT2D eigenvalue weighted by Gasteiger charge is -2.45. The second-order valence-corrected chi connectivity index (χ2v) is 6.57. The predicted molar refractivity (Wildman–Crippen MR) is 76.8 cm³/mol. The smallest absolute Gasteiger partial charge is 0.410 e. The molecule has 2 fully saturated rings. The Kier molecular flexibility index (Phi) is 4.88. The van der Waals surface area contributed by atoms with Crippen LogP contribution in [0.4, 0.5) is 4.79 Å². The van der Waals surface area contributed by atoms with Crippen molar-refractivity contribution >= 4 is 6.09 Å². The van der Waals surface area contributed by atoms with E-state index >= 15 is 0 Å². The summed E-state index contributed by atoms with van der Waals surface area (Å²) in [6, 6.07) is 0.327. The van der Waals surface area contributed by atoms with Gasteiger partial charge >= 0.3 is 6.09 Å². The van der Waals surface area contributed by atoms with Crippen LogP contribution in [0.5, 0.6) is 0 Å². The molecule has 2 aliphatic rings. The maximum atomic E-state index is 12.4. The number of nitrogens with one attached hydrogen (secondary N) is 1. The fourth-order valence-corrected chi connectivity index (χ4v) is 2.75. The van der Waals surface area contributed by atoms with Gasteiger partial charge in [-0.25, -0.2) is 4.79 Å². The number of hydrogen-bond acceptors (Lipinski definition) is 5. The Labute approximate surface area is 121 Å². The lowest BCUT2D eigenvalue weighted by molar-refractivity contribution is -0.0553. The van der Waals surface area contributed by atoms with Crippen LogP contribution in [0.1, 0.15) is 20.8 Å². The quantitative estimate of drug-likeness (QED) is 0.761. The van der Waals surface area contributed by atoms with Crippen LogP contribution in [-0.2, 0) is 9.47 Å². The van der Waals surface area contributed by atoms with E-state index in [0.29, 0.717) is 19.8 Å². The molecular weight excluding hydrogens is 258 g/mol. The monoisotopic (exact) mass is 285 g/mol. The molecule has 0 bridgehead atoms. The van der Waals surface area contributed by atoms with Gasteiger partial charge in [-0.2, -0.15) is 0 Å². The zero-order valence-corrected chi connectivity index (χ0v) is 13.0. The summed E-state index contributed by atoms with van der Waals surface area (Å²) in [5, 5.41) is 3.39. The minimum absolute atomic E-state index is 0.0522. The van der Waals surface area contributed by atoms with Gasteiger partial charge in [0.05, 0.1) is 19.3 Å². The Bertz CT molecular complexity index is 343. The van der Waals surface area contributed by atoms with Gasteiger partial charge in [-0.3, -0.25) is 9.80 Å². The number of morpholine rings is 1. The Morgan fingerprint density at radius 3 is 2.70 bits per heavy atom. The number of nitrogens with zero attached hydrogens (tertiary/aromatic N) is 2. The predicted octanol–water partition coefficient (Wildman–Crippen LogP) is 0.526. The van der Waals surface area contributed by atoms with Crippen molar-refractivity contribution in [3.05, 3.63) is 0 Å². The van der Waals surface area contributed by atoms with Gasteiger partial charge in [-0.1, -0.05) is 0 Å². The molecule has 6 heteroatoms. The molecule has 0 radical (unpaired) electrons. The summed E-state index contributed by atoms with van der Waals surface area (Å²) in [7, 11) is 2.10. The molecule has 6 nitrogen and oxygen atoms in total. The van der Waals surface area contributed by atoms with Crippen molar-refractivity contribution in [1.82, 2.24) is 15.1 Å². The van der Waals surface area contributed by atoms with Crippen molar-refractivity contribution < 1.29 is 14.3 Å². The Morgan fingerprint density at radius 1 is 1.30 bits per heavy atom. The molecule has 2 heterocycles. The van der Waals surface area contributed by atoms with E-state index in [4.69, 9.17) is 9.47 Å². The first-order chi connectivity index (χ1) is 9.38. The van der Waals surface area contributed by atoms with E-state index in [1.165, 1.54) is 0 Å². The number of rotatable bonds is 1. The third kappa shape index (κ3) is 3.84. The number of carbonyl (C=O) groups is 1. The molecule has 2 unspecified atom stereocenters. The van der Waals surface area contributed by atoms with Gasteiger partial charge in [0.1, 0.15) is 5.60 Å². The SMILES string of the molecule is CN1CCNCC1C1COCCN1C(=O)OC(C)(C)C. The molecule has 116 valence electrons. The molecule has 1 amide bonds. The summed E-state index contributed by atoms with van der Waals surface area (Å²) in [6.07, 6.45) is -0.232. The standard InChI is InChI=1S/C14H27N3O3/c1-14(2,3)20-13(18)17-7-8-19-10-12(17)11-9-15-5-6-16(11)4/h11-12,15H,5-10H2,1-4H3. The molecule has 0 saturated carbocycles. The highest BCUT2D eigenvalue weighted by Crippen LogP contribution is 2.19. The van der Waals surface area contributed by atoms with Gasteiger partial charge in [0.25, 0.3) is 0 Å². The van der Waals surface area contributed by atoms with Crippen LogP contribution in [0.3, 0.4) is 0 Å². The van der Waals surface area contributed by atoms with Crippen molar-refractivity contribution in [3.8, 4) is 0 Å². The van der Waals surface area contributed by atoms with Crippen LogP contribution in [0.2, 0.25) is 0 Å². The van der Waals surface area contributed by atoms with Crippen LogP contribution >= 0.6 is 0 Å². The van der Waals surface area contributed by atoms with E-state index in [0.717, 1.165) is 19.6 Å². The maximum Gasteiger partial charge on any atom is 0.410 e. The van der Waals surface area contributed by atoms with Gasteiger partial charge < -0.3 is 14.8 Å². The van der Waals surface area contributed by atoms with Crippen molar-refractivity contribution in [2.24, 2.45) is 0 Å². The third-order valence-electron chi connectivity index (χ3n) is 3.80. The van der Waals surface area contributed by atoms with E-state index in [1.54, 1.807) is 0 Å². The lowest BCUT2D eigenvalue weighted by Crippen LogP contribution is -2.64. The van der Waals surface area contributed by atoms with Gasteiger partial charge in [0, 0.05) is 32.2 Å². The summed E-state index contributed by atoms with van der Waals surface area (Å²) in [5.74, 6) is 0. The summed E-state index contributed by atoms with van der Waals surface area (Å²) in [4.78, 5) is 16.5. The lowest BCUT2D eigenvalue weighted by atomic mass is 10.0. The second-order valence-electron chi connectivity index (χ2n) is 6.57. The van der Waals surface area contributed by atoms with E-state index < -0.39 is 5.60 Å². The molecule has 2 aliphatic heterocycles. The maximum absolute atomic E-state index is 12.4. The molecule has 0 spiro atoms. The summed E-state index contributed by atoms with van der Waals surface area (Å²) < 4.78 is 11.1. The number of carbonyl (C=O) groups excluding carboxylic acids is 1. The number of piperazine rings is 1. The number of hydrogen-bond donors (Lipinski definition) is 1. The number of likely N-dealkylation sites (N-methyl/N-ethyl adjacent to an activating group) is 1. The minimum Gasteiger partial charge on any atom is -0.444 e. The zero-order valence-electron chi connectivity index (χ0n) is 13.0. The highest BCUT2D eigenvalue weighted by atomic mass is 16.6. The van der Waals surface area contributed by atoms with E-state index in [1.807, 2.05) is 25.7 Å². The molecular formula is C14H27N3O3. The minimum atomic E-state index is -0.462. The molecule has 0 aromatic rings. The first kappa shape index (κ1) is 15.5. The molecule has 20 heavy (non-hydrogen) atoms. The Hall–Kier alpha value is -0.850. The Balaban J connectivity index is 2.06. The van der Waals surface area contributed by atoms with Crippen LogP contribution in [0.15, 0.2) is 0 Å². The normalized spacial score (nSPS) is 29.3.